The van der Waals surface area contributed by atoms with Gasteiger partial charge in [0.1, 0.15) is 22.6 Å². The van der Waals surface area contributed by atoms with Gasteiger partial charge in [-0.05, 0) is 66.2 Å². The Balaban J connectivity index is 1.28. The summed E-state index contributed by atoms with van der Waals surface area (Å²) in [4.78, 5) is 56.0. The zero-order chi connectivity index (χ0) is 28.0. The highest BCUT2D eigenvalue weighted by molar-refractivity contribution is 8.00. The van der Waals surface area contributed by atoms with Gasteiger partial charge in [-0.25, -0.2) is 13.7 Å². The van der Waals surface area contributed by atoms with Gasteiger partial charge in [0.2, 0.25) is 11.8 Å². The largest absolute Gasteiger partial charge is 0.484 e. The van der Waals surface area contributed by atoms with Gasteiger partial charge in [0.15, 0.2) is 6.61 Å². The Hall–Kier alpha value is -4.29. The molecule has 1 fully saturated rings. The van der Waals surface area contributed by atoms with Crippen LogP contribution in [0.15, 0.2) is 82.6 Å². The van der Waals surface area contributed by atoms with Crippen molar-refractivity contribution < 1.29 is 27.9 Å². The highest BCUT2D eigenvalue weighted by atomic mass is 32.2. The number of halogens is 2. The average Bonchev–Trinajstić information content (AvgIpc) is 3.43. The maximum Gasteiger partial charge on any atom is 0.305 e. The quantitative estimate of drug-likeness (QED) is 0.325. The van der Waals surface area contributed by atoms with Crippen molar-refractivity contribution in [2.45, 2.75) is 16.2 Å². The Kier molecular flexibility index (Phi) is 6.72. The molecular formula is C28H19F2N3O5S2. The van der Waals surface area contributed by atoms with Crippen LogP contribution in [-0.2, 0) is 14.4 Å². The van der Waals surface area contributed by atoms with Crippen LogP contribution in [-0.4, -0.2) is 34.6 Å². The van der Waals surface area contributed by atoms with E-state index in [0.29, 0.717) is 26.9 Å². The lowest BCUT2D eigenvalue weighted by molar-refractivity contribution is -0.122. The van der Waals surface area contributed by atoms with E-state index in [4.69, 9.17) is 4.74 Å². The molecule has 3 atom stereocenters. The molecule has 3 amide bonds. The Morgan fingerprint density at radius 3 is 2.38 bits per heavy atom. The minimum atomic E-state index is -0.821. The molecule has 202 valence electrons. The Morgan fingerprint density at radius 1 is 0.950 bits per heavy atom. The van der Waals surface area contributed by atoms with Crippen molar-refractivity contribution in [1.29, 1.82) is 0 Å². The van der Waals surface area contributed by atoms with E-state index < -0.39 is 46.4 Å². The lowest BCUT2D eigenvalue weighted by atomic mass is 9.83. The van der Waals surface area contributed by atoms with Crippen LogP contribution in [0.3, 0.4) is 0 Å². The molecule has 4 aromatic rings. The second-order valence-electron chi connectivity index (χ2n) is 9.15. The van der Waals surface area contributed by atoms with Crippen molar-refractivity contribution in [2.24, 2.45) is 5.92 Å². The van der Waals surface area contributed by atoms with Gasteiger partial charge in [-0.2, -0.15) is 0 Å². The van der Waals surface area contributed by atoms with Gasteiger partial charge >= 0.3 is 4.87 Å². The molecule has 1 aromatic heterocycles. The number of ether oxygens (including phenoxy) is 1. The average molecular weight is 580 g/mol. The summed E-state index contributed by atoms with van der Waals surface area (Å²) in [6.07, 6.45) is 0. The number of carbonyl (C=O) groups excluding carboxylic acids is 3. The number of amides is 3. The maximum atomic E-state index is 13.7. The molecule has 2 N–H and O–H groups in total. The number of hydrogen-bond acceptors (Lipinski definition) is 7. The number of fused-ring (bicyclic) bond motifs is 2. The summed E-state index contributed by atoms with van der Waals surface area (Å²) in [6, 6.07) is 17.2. The minimum Gasteiger partial charge on any atom is -0.484 e. The van der Waals surface area contributed by atoms with Gasteiger partial charge in [0.25, 0.3) is 5.91 Å². The fourth-order valence-corrected chi connectivity index (χ4v) is 7.41. The predicted octanol–water partition coefficient (Wildman–Crippen LogP) is 4.53. The van der Waals surface area contributed by atoms with E-state index in [-0.39, 0.29) is 17.2 Å². The molecule has 0 unspecified atom stereocenters. The lowest BCUT2D eigenvalue weighted by Gasteiger charge is -2.30. The van der Waals surface area contributed by atoms with Crippen molar-refractivity contribution >= 4 is 52.2 Å². The fourth-order valence-electron chi connectivity index (χ4n) is 4.90. The summed E-state index contributed by atoms with van der Waals surface area (Å²) in [7, 11) is 0. The molecule has 0 radical (unpaired) electrons. The van der Waals surface area contributed by atoms with Crippen molar-refractivity contribution in [1.82, 2.24) is 4.98 Å². The van der Waals surface area contributed by atoms with Gasteiger partial charge in [0.05, 0.1) is 16.6 Å². The molecule has 12 heteroatoms. The second-order valence-corrected chi connectivity index (χ2v) is 11.3. The zero-order valence-electron chi connectivity index (χ0n) is 20.4. The number of anilines is 2. The monoisotopic (exact) mass is 579 g/mol. The van der Waals surface area contributed by atoms with Crippen molar-refractivity contribution in [2.75, 3.05) is 16.8 Å². The van der Waals surface area contributed by atoms with Gasteiger partial charge in [-0.15, -0.1) is 0 Å². The van der Waals surface area contributed by atoms with Crippen molar-refractivity contribution in [3.63, 3.8) is 0 Å². The van der Waals surface area contributed by atoms with E-state index >= 15 is 0 Å². The van der Waals surface area contributed by atoms with E-state index in [2.05, 4.69) is 10.3 Å². The number of aromatic amines is 1. The van der Waals surface area contributed by atoms with Gasteiger partial charge < -0.3 is 15.0 Å². The number of benzene rings is 3. The number of aromatic nitrogens is 1. The van der Waals surface area contributed by atoms with Crippen LogP contribution in [0.25, 0.3) is 0 Å². The number of thioether (sulfide) groups is 1. The molecule has 0 bridgehead atoms. The molecule has 0 aliphatic carbocycles. The third kappa shape index (κ3) is 4.80. The predicted molar refractivity (Wildman–Crippen MR) is 146 cm³/mol. The maximum absolute atomic E-state index is 13.7. The van der Waals surface area contributed by atoms with E-state index in [0.717, 1.165) is 28.0 Å². The van der Waals surface area contributed by atoms with E-state index in [1.165, 1.54) is 48.5 Å². The molecule has 3 aromatic carbocycles. The summed E-state index contributed by atoms with van der Waals surface area (Å²) in [5.74, 6) is -3.37. The Labute approximate surface area is 234 Å². The lowest BCUT2D eigenvalue weighted by Crippen LogP contribution is -2.32. The van der Waals surface area contributed by atoms with Gasteiger partial charge in [0, 0.05) is 16.5 Å². The second kappa shape index (κ2) is 10.4. The first-order valence-corrected chi connectivity index (χ1v) is 13.8. The third-order valence-electron chi connectivity index (χ3n) is 6.62. The Bertz CT molecular complexity index is 1690. The number of thiazole rings is 1. The molecule has 0 saturated carbocycles. The Morgan fingerprint density at radius 2 is 1.65 bits per heavy atom. The molecule has 1 saturated heterocycles. The molecule has 8 nitrogen and oxygen atoms in total. The van der Waals surface area contributed by atoms with Crippen LogP contribution < -0.4 is 19.8 Å². The summed E-state index contributed by atoms with van der Waals surface area (Å²) in [5.41, 5.74) is 1.32. The smallest absolute Gasteiger partial charge is 0.305 e. The van der Waals surface area contributed by atoms with Crippen molar-refractivity contribution in [3.8, 4) is 5.75 Å². The number of carbonyl (C=O) groups is 3. The van der Waals surface area contributed by atoms with Crippen LogP contribution in [0.2, 0.25) is 0 Å². The molecule has 2 aliphatic heterocycles. The fraction of sp³-hybridized carbons (Fsp3) is 0.143. The highest BCUT2D eigenvalue weighted by Gasteiger charge is 2.56. The summed E-state index contributed by atoms with van der Waals surface area (Å²) >= 11 is 2.12. The van der Waals surface area contributed by atoms with Crippen LogP contribution >= 0.6 is 23.1 Å². The highest BCUT2D eigenvalue weighted by Crippen LogP contribution is 2.53. The summed E-state index contributed by atoms with van der Waals surface area (Å²) < 4.78 is 32.3. The molecule has 40 heavy (non-hydrogen) atoms. The minimum absolute atomic E-state index is 0.270. The number of nitrogens with one attached hydrogen (secondary N) is 2. The molecule has 6 rings (SSSR count). The van der Waals surface area contributed by atoms with Gasteiger partial charge in [-0.3, -0.25) is 19.2 Å². The molecule has 2 aliphatic rings. The molecule has 0 spiro atoms. The molecular weight excluding hydrogens is 560 g/mol. The third-order valence-corrected chi connectivity index (χ3v) is 9.02. The van der Waals surface area contributed by atoms with Crippen LogP contribution in [0.4, 0.5) is 20.2 Å². The zero-order valence-corrected chi connectivity index (χ0v) is 22.1. The normalized spacial score (nSPS) is 19.8. The number of imide groups is 1. The van der Waals surface area contributed by atoms with Crippen molar-refractivity contribution in [3.05, 3.63) is 105 Å². The standard InChI is InChI=1S/C28H19F2N3O5S2/c29-15-4-8-17(9-5-15)31-20(34)13-38-19-3-1-2-14(12-19)21-22-24(39-25-23(21)40-28(37)32-25)27(36)33(26(22)35)18-10-6-16(30)7-11-18/h1-12,21-22,24H,13H2,(H,31,34)(H,32,37)/t21-,22-,24+/m0/s1. The first-order chi connectivity index (χ1) is 19.3. The van der Waals surface area contributed by atoms with E-state index in [1.807, 2.05) is 0 Å². The SMILES string of the molecule is O=C(COc1cccc([C@@H]2c3sc(=O)[nH]c3S[C@H]3C(=O)N(c4ccc(F)cc4)C(=O)[C@@H]23)c1)Nc1ccc(F)cc1. The van der Waals surface area contributed by atoms with Crippen LogP contribution in [0, 0.1) is 17.6 Å². The van der Waals surface area contributed by atoms with Gasteiger partial charge in [-0.1, -0.05) is 35.2 Å². The number of nitrogens with zero attached hydrogens (tertiary/aromatic N) is 1. The van der Waals surface area contributed by atoms with E-state index in [9.17, 15) is 28.0 Å². The van der Waals surface area contributed by atoms with E-state index in [1.54, 1.807) is 24.3 Å². The summed E-state index contributed by atoms with van der Waals surface area (Å²) in [6.45, 7) is -0.327. The molecule has 3 heterocycles. The number of hydrogen-bond donors (Lipinski definition) is 2. The number of rotatable bonds is 6. The van der Waals surface area contributed by atoms with Crippen LogP contribution in [0.5, 0.6) is 5.75 Å². The summed E-state index contributed by atoms with van der Waals surface area (Å²) in [5, 5.41) is 2.34. The first kappa shape index (κ1) is 26.0. The van der Waals surface area contributed by atoms with Crippen LogP contribution in [0.1, 0.15) is 16.4 Å². The first-order valence-electron chi connectivity index (χ1n) is 12.1. The number of H-pyrrole nitrogens is 1. The topological polar surface area (TPSA) is 109 Å².